The Labute approximate surface area is 95.1 Å². The molecule has 1 aliphatic heterocycles. The molecule has 0 spiro atoms. The number of allylic oxidation sites excluding steroid dienone is 2. The van der Waals surface area contributed by atoms with Crippen molar-refractivity contribution in [3.05, 3.63) is 24.3 Å². The van der Waals surface area contributed by atoms with Crippen molar-refractivity contribution in [3.63, 3.8) is 0 Å². The highest BCUT2D eigenvalue weighted by Crippen LogP contribution is 2.55. The van der Waals surface area contributed by atoms with Crippen LogP contribution in [0, 0.1) is 17.3 Å². The molecule has 0 aromatic heterocycles. The third kappa shape index (κ3) is 1.03. The van der Waals surface area contributed by atoms with E-state index in [1.165, 1.54) is 0 Å². The molecular weight excluding hydrogens is 204 g/mol. The minimum Gasteiger partial charge on any atom is -0.346 e. The number of rotatable bonds is 1. The molecule has 0 aromatic carbocycles. The number of carbonyl (C=O) groups is 1. The van der Waals surface area contributed by atoms with Gasteiger partial charge in [0.1, 0.15) is 0 Å². The van der Waals surface area contributed by atoms with Crippen LogP contribution < -0.4 is 0 Å². The monoisotopic (exact) mass is 220 g/mol. The van der Waals surface area contributed by atoms with Gasteiger partial charge in [0.05, 0.1) is 6.61 Å². The molecule has 0 bridgehead atoms. The second kappa shape index (κ2) is 3.05. The van der Waals surface area contributed by atoms with Crippen LogP contribution in [0.25, 0.3) is 0 Å². The van der Waals surface area contributed by atoms with E-state index in [2.05, 4.69) is 19.1 Å². The van der Waals surface area contributed by atoms with Crippen molar-refractivity contribution in [2.75, 3.05) is 13.7 Å². The van der Waals surface area contributed by atoms with Gasteiger partial charge in [-0.3, -0.25) is 4.79 Å². The molecule has 3 heteroatoms. The van der Waals surface area contributed by atoms with Crippen molar-refractivity contribution in [2.24, 2.45) is 17.3 Å². The molecule has 0 radical (unpaired) electrons. The summed E-state index contributed by atoms with van der Waals surface area (Å²) in [7, 11) is 1.57. The van der Waals surface area contributed by atoms with Gasteiger partial charge < -0.3 is 9.47 Å². The first-order valence-electron chi connectivity index (χ1n) is 5.72. The van der Waals surface area contributed by atoms with E-state index in [1.54, 1.807) is 13.2 Å². The summed E-state index contributed by atoms with van der Waals surface area (Å²) in [5, 5.41) is 0. The molecule has 2 aliphatic carbocycles. The summed E-state index contributed by atoms with van der Waals surface area (Å²) in [4.78, 5) is 12.0. The van der Waals surface area contributed by atoms with E-state index in [9.17, 15) is 4.79 Å². The third-order valence-electron chi connectivity index (χ3n) is 4.24. The normalized spacial score (nSPS) is 49.5. The summed E-state index contributed by atoms with van der Waals surface area (Å²) >= 11 is 0. The lowest BCUT2D eigenvalue weighted by Crippen LogP contribution is -2.54. The number of methoxy groups -OCH3 is 1. The lowest BCUT2D eigenvalue weighted by molar-refractivity contribution is -0.221. The molecule has 3 aliphatic rings. The van der Waals surface area contributed by atoms with Crippen molar-refractivity contribution in [1.29, 1.82) is 0 Å². The summed E-state index contributed by atoms with van der Waals surface area (Å²) in [5.41, 5.74) is -0.0141. The van der Waals surface area contributed by atoms with E-state index in [4.69, 9.17) is 9.47 Å². The molecule has 4 atom stereocenters. The molecule has 1 heterocycles. The molecule has 0 unspecified atom stereocenters. The van der Waals surface area contributed by atoms with Gasteiger partial charge in [0.25, 0.3) is 0 Å². The van der Waals surface area contributed by atoms with Crippen molar-refractivity contribution in [1.82, 2.24) is 0 Å². The van der Waals surface area contributed by atoms with Crippen LogP contribution >= 0.6 is 0 Å². The fourth-order valence-corrected chi connectivity index (χ4v) is 3.47. The van der Waals surface area contributed by atoms with Crippen LogP contribution in [0.15, 0.2) is 24.3 Å². The highest BCUT2D eigenvalue weighted by Gasteiger charge is 2.62. The molecule has 1 saturated heterocycles. The Morgan fingerprint density at radius 3 is 3.12 bits per heavy atom. The first-order chi connectivity index (χ1) is 7.62. The second-order valence-corrected chi connectivity index (χ2v) is 5.16. The Morgan fingerprint density at radius 2 is 2.38 bits per heavy atom. The van der Waals surface area contributed by atoms with Gasteiger partial charge in [0, 0.05) is 18.9 Å². The Hall–Kier alpha value is -0.930. The zero-order valence-corrected chi connectivity index (χ0v) is 9.60. The first-order valence-corrected chi connectivity index (χ1v) is 5.72. The Bertz CT molecular complexity index is 398. The molecular formula is C13H16O3. The summed E-state index contributed by atoms with van der Waals surface area (Å²) in [5.74, 6) is -0.658. The van der Waals surface area contributed by atoms with Crippen LogP contribution in [0.3, 0.4) is 0 Å². The van der Waals surface area contributed by atoms with E-state index in [1.807, 2.05) is 6.08 Å². The lowest BCUT2D eigenvalue weighted by atomic mass is 9.60. The fraction of sp³-hybridized carbons (Fsp3) is 0.615. The van der Waals surface area contributed by atoms with Gasteiger partial charge in [-0.2, -0.15) is 0 Å². The SMILES string of the molecule is CO[C@@]12OC[C@H]3C=CC[C@@](C)(C=CC1=O)[C@H]32. The largest absolute Gasteiger partial charge is 0.346 e. The molecule has 16 heavy (non-hydrogen) atoms. The smallest absolute Gasteiger partial charge is 0.237 e. The summed E-state index contributed by atoms with van der Waals surface area (Å²) in [6.07, 6.45) is 8.96. The van der Waals surface area contributed by atoms with Gasteiger partial charge in [0.2, 0.25) is 11.6 Å². The third-order valence-corrected chi connectivity index (χ3v) is 4.24. The van der Waals surface area contributed by atoms with Gasteiger partial charge in [-0.05, 0) is 17.9 Å². The molecule has 0 aromatic rings. The van der Waals surface area contributed by atoms with E-state index in [-0.39, 0.29) is 17.1 Å². The van der Waals surface area contributed by atoms with Crippen molar-refractivity contribution < 1.29 is 14.3 Å². The maximum absolute atomic E-state index is 12.0. The Balaban J connectivity index is 2.17. The molecule has 0 saturated carbocycles. The number of ketones is 1. The minimum absolute atomic E-state index is 0.0141. The second-order valence-electron chi connectivity index (χ2n) is 5.16. The van der Waals surface area contributed by atoms with Crippen LogP contribution in [-0.4, -0.2) is 25.3 Å². The molecule has 86 valence electrons. The predicted octanol–water partition coefficient (Wildman–Crippen LogP) is 1.70. The standard InChI is InChI=1S/C13H16O3/c1-12-6-3-4-9-8-16-13(15-2,11(9)12)10(14)5-7-12/h3-5,7,9,11H,6,8H2,1-2H3/t9-,11+,12+,13-/m1/s1. The molecule has 3 nitrogen and oxygen atoms in total. The van der Waals surface area contributed by atoms with Crippen molar-refractivity contribution in [3.8, 4) is 0 Å². The average Bonchev–Trinajstić information content (AvgIpc) is 2.67. The van der Waals surface area contributed by atoms with Gasteiger partial charge in [-0.1, -0.05) is 25.2 Å². The van der Waals surface area contributed by atoms with E-state index in [0.29, 0.717) is 12.5 Å². The van der Waals surface area contributed by atoms with Gasteiger partial charge in [-0.25, -0.2) is 0 Å². The molecule has 0 N–H and O–H groups in total. The number of hydrogen-bond acceptors (Lipinski definition) is 3. The lowest BCUT2D eigenvalue weighted by Gasteiger charge is -2.46. The highest BCUT2D eigenvalue weighted by atomic mass is 16.7. The molecule has 0 amide bonds. The van der Waals surface area contributed by atoms with Gasteiger partial charge in [-0.15, -0.1) is 0 Å². The maximum atomic E-state index is 12.0. The zero-order chi connectivity index (χ0) is 11.4. The molecule has 3 rings (SSSR count). The average molecular weight is 220 g/mol. The predicted molar refractivity (Wildman–Crippen MR) is 58.7 cm³/mol. The summed E-state index contributed by atoms with van der Waals surface area (Å²) < 4.78 is 11.2. The van der Waals surface area contributed by atoms with E-state index in [0.717, 1.165) is 6.42 Å². The van der Waals surface area contributed by atoms with Gasteiger partial charge >= 0.3 is 0 Å². The minimum atomic E-state index is -1.03. The van der Waals surface area contributed by atoms with Crippen LogP contribution in [0.4, 0.5) is 0 Å². The van der Waals surface area contributed by atoms with E-state index < -0.39 is 5.79 Å². The number of ether oxygens (including phenoxy) is 2. The number of carbonyl (C=O) groups excluding carboxylic acids is 1. The fourth-order valence-electron chi connectivity index (χ4n) is 3.47. The zero-order valence-electron chi connectivity index (χ0n) is 9.60. The first kappa shape index (κ1) is 10.2. The summed E-state index contributed by atoms with van der Waals surface area (Å²) in [6, 6.07) is 0. The number of hydrogen-bond donors (Lipinski definition) is 0. The van der Waals surface area contributed by atoms with Crippen LogP contribution in [0.1, 0.15) is 13.3 Å². The summed E-state index contributed by atoms with van der Waals surface area (Å²) in [6.45, 7) is 2.76. The highest BCUT2D eigenvalue weighted by molar-refractivity contribution is 5.97. The van der Waals surface area contributed by atoms with Crippen molar-refractivity contribution in [2.45, 2.75) is 19.1 Å². The van der Waals surface area contributed by atoms with Crippen LogP contribution in [0.2, 0.25) is 0 Å². The van der Waals surface area contributed by atoms with E-state index >= 15 is 0 Å². The van der Waals surface area contributed by atoms with Gasteiger partial charge in [0.15, 0.2) is 0 Å². The quantitative estimate of drug-likeness (QED) is 0.631. The Kier molecular flexibility index (Phi) is 1.95. The molecule has 1 fully saturated rings. The Morgan fingerprint density at radius 1 is 1.56 bits per heavy atom. The van der Waals surface area contributed by atoms with Crippen LogP contribution in [-0.2, 0) is 14.3 Å². The maximum Gasteiger partial charge on any atom is 0.237 e. The van der Waals surface area contributed by atoms with Crippen molar-refractivity contribution >= 4 is 5.78 Å². The topological polar surface area (TPSA) is 35.5 Å². The van der Waals surface area contributed by atoms with Crippen LogP contribution in [0.5, 0.6) is 0 Å².